The highest BCUT2D eigenvalue weighted by Gasteiger charge is 2.49. The summed E-state index contributed by atoms with van der Waals surface area (Å²) >= 11 is 0. The van der Waals surface area contributed by atoms with Gasteiger partial charge in [0.2, 0.25) is 0 Å². The van der Waals surface area contributed by atoms with Crippen LogP contribution < -0.4 is 0 Å². The van der Waals surface area contributed by atoms with Gasteiger partial charge < -0.3 is 10.0 Å². The minimum absolute atomic E-state index is 0.0493. The molecule has 1 spiro atoms. The van der Waals surface area contributed by atoms with Crippen molar-refractivity contribution in [3.05, 3.63) is 0 Å². The van der Waals surface area contributed by atoms with Gasteiger partial charge in [-0.05, 0) is 18.3 Å². The fourth-order valence-electron chi connectivity index (χ4n) is 1.85. The van der Waals surface area contributed by atoms with Crippen LogP contribution in [0.1, 0.15) is 19.3 Å². The summed E-state index contributed by atoms with van der Waals surface area (Å²) < 4.78 is 0. The molecule has 0 aromatic carbocycles. The normalized spacial score (nSPS) is 26.0. The topological polar surface area (TPSA) is 57.6 Å². The van der Waals surface area contributed by atoms with Gasteiger partial charge in [0, 0.05) is 13.0 Å². The molecule has 0 unspecified atom stereocenters. The molecule has 4 heteroatoms. The van der Waals surface area contributed by atoms with E-state index in [0.717, 1.165) is 12.8 Å². The quantitative estimate of drug-likeness (QED) is 0.581. The van der Waals surface area contributed by atoms with Crippen LogP contribution in [0.15, 0.2) is 0 Å². The lowest BCUT2D eigenvalue weighted by molar-refractivity contribution is -0.123. The molecule has 1 heterocycles. The second-order valence-electron chi connectivity index (χ2n) is 3.85. The lowest BCUT2D eigenvalue weighted by Gasteiger charge is -2.29. The van der Waals surface area contributed by atoms with Gasteiger partial charge in [-0.25, -0.2) is 4.79 Å². The lowest BCUT2D eigenvalue weighted by Crippen LogP contribution is -2.44. The highest BCUT2D eigenvalue weighted by Crippen LogP contribution is 2.51. The van der Waals surface area contributed by atoms with Crippen LogP contribution >= 0.6 is 0 Å². The van der Waals surface area contributed by atoms with Crippen LogP contribution in [0.3, 0.4) is 0 Å². The predicted molar refractivity (Wildman–Crippen MR) is 40.9 cm³/mol. The van der Waals surface area contributed by atoms with E-state index in [4.69, 9.17) is 5.11 Å². The van der Waals surface area contributed by atoms with E-state index >= 15 is 0 Å². The number of hydrogen-bond donors (Lipinski definition) is 1. The molecular formula is C8H11NO3. The third-order valence-electron chi connectivity index (χ3n) is 2.69. The third kappa shape index (κ3) is 1.17. The summed E-state index contributed by atoms with van der Waals surface area (Å²) in [6, 6.07) is 0. The van der Waals surface area contributed by atoms with E-state index in [9.17, 15) is 9.59 Å². The molecule has 12 heavy (non-hydrogen) atoms. The standard InChI is InChI=1S/C8H11NO3/c10-6-3-8(1-2-8)5-9(4-6)7(11)12/h1-5H2,(H,11,12). The maximum Gasteiger partial charge on any atom is 0.407 e. The molecule has 0 aromatic heterocycles. The molecule has 0 atom stereocenters. The van der Waals surface area contributed by atoms with Crippen LogP contribution in [0.5, 0.6) is 0 Å². The summed E-state index contributed by atoms with van der Waals surface area (Å²) in [5, 5.41) is 8.69. The Kier molecular flexibility index (Phi) is 1.40. The largest absolute Gasteiger partial charge is 0.465 e. The lowest BCUT2D eigenvalue weighted by atomic mass is 9.94. The summed E-state index contributed by atoms with van der Waals surface area (Å²) in [5.74, 6) is 0.0705. The first-order valence-electron chi connectivity index (χ1n) is 4.11. The average molecular weight is 169 g/mol. The second-order valence-corrected chi connectivity index (χ2v) is 3.85. The smallest absolute Gasteiger partial charge is 0.407 e. The van der Waals surface area contributed by atoms with Gasteiger partial charge >= 0.3 is 6.09 Å². The minimum atomic E-state index is -0.964. The molecule has 1 amide bonds. The highest BCUT2D eigenvalue weighted by atomic mass is 16.4. The number of carboxylic acid groups (broad SMARTS) is 1. The first kappa shape index (κ1) is 7.58. The fourth-order valence-corrected chi connectivity index (χ4v) is 1.85. The number of piperidine rings is 1. The van der Waals surface area contributed by atoms with Crippen molar-refractivity contribution in [1.82, 2.24) is 4.90 Å². The van der Waals surface area contributed by atoms with Crippen molar-refractivity contribution in [2.45, 2.75) is 19.3 Å². The summed E-state index contributed by atoms with van der Waals surface area (Å²) in [4.78, 5) is 23.0. The van der Waals surface area contributed by atoms with Gasteiger partial charge in [0.15, 0.2) is 5.78 Å². The van der Waals surface area contributed by atoms with Crippen LogP contribution in [0.4, 0.5) is 4.79 Å². The Labute approximate surface area is 70.2 Å². The number of ketones is 1. The van der Waals surface area contributed by atoms with Crippen LogP contribution in [0, 0.1) is 5.41 Å². The van der Waals surface area contributed by atoms with Crippen LogP contribution in [-0.2, 0) is 4.79 Å². The zero-order valence-corrected chi connectivity index (χ0v) is 6.75. The van der Waals surface area contributed by atoms with Crippen LogP contribution in [0.2, 0.25) is 0 Å². The van der Waals surface area contributed by atoms with Crippen molar-refractivity contribution in [3.63, 3.8) is 0 Å². The molecule has 4 nitrogen and oxygen atoms in total. The van der Waals surface area contributed by atoms with Crippen LogP contribution in [-0.4, -0.2) is 35.0 Å². The average Bonchev–Trinajstić information content (AvgIpc) is 2.67. The molecule has 0 aromatic rings. The molecule has 1 saturated carbocycles. The highest BCUT2D eigenvalue weighted by molar-refractivity contribution is 5.86. The number of nitrogens with zero attached hydrogens (tertiary/aromatic N) is 1. The van der Waals surface area contributed by atoms with Crippen molar-refractivity contribution in [3.8, 4) is 0 Å². The molecule has 66 valence electrons. The molecule has 1 saturated heterocycles. The maximum absolute atomic E-state index is 11.1. The van der Waals surface area contributed by atoms with E-state index in [1.165, 1.54) is 4.90 Å². The number of rotatable bonds is 0. The van der Waals surface area contributed by atoms with Gasteiger partial charge in [0.05, 0.1) is 6.54 Å². The van der Waals surface area contributed by atoms with Crippen LogP contribution in [0.25, 0.3) is 0 Å². The fraction of sp³-hybridized carbons (Fsp3) is 0.750. The van der Waals surface area contributed by atoms with Crippen molar-refractivity contribution in [1.29, 1.82) is 0 Å². The van der Waals surface area contributed by atoms with Gasteiger partial charge in [-0.2, -0.15) is 0 Å². The van der Waals surface area contributed by atoms with Gasteiger partial charge in [-0.1, -0.05) is 0 Å². The number of carbonyl (C=O) groups is 2. The van der Waals surface area contributed by atoms with E-state index in [1.807, 2.05) is 0 Å². The van der Waals surface area contributed by atoms with Crippen molar-refractivity contribution in [2.75, 3.05) is 13.1 Å². The number of Topliss-reactive ketones (excluding diaryl/α,β-unsaturated/α-hetero) is 1. The van der Waals surface area contributed by atoms with Gasteiger partial charge in [0.25, 0.3) is 0 Å². The number of hydrogen-bond acceptors (Lipinski definition) is 2. The Bertz CT molecular complexity index is 245. The number of amides is 1. The number of likely N-dealkylation sites (tertiary alicyclic amines) is 1. The summed E-state index contributed by atoms with van der Waals surface area (Å²) in [6.07, 6.45) is 1.66. The SMILES string of the molecule is O=C1CN(C(=O)O)CC2(CC2)C1. The third-order valence-corrected chi connectivity index (χ3v) is 2.69. The molecule has 1 N–H and O–H groups in total. The first-order chi connectivity index (χ1) is 5.61. The van der Waals surface area contributed by atoms with Gasteiger partial charge in [0.1, 0.15) is 0 Å². The molecule has 2 fully saturated rings. The predicted octanol–water partition coefficient (Wildman–Crippen LogP) is 0.719. The van der Waals surface area contributed by atoms with E-state index in [-0.39, 0.29) is 17.7 Å². The molecular weight excluding hydrogens is 158 g/mol. The van der Waals surface area contributed by atoms with E-state index in [2.05, 4.69) is 0 Å². The Balaban J connectivity index is 2.09. The molecule has 2 rings (SSSR count). The van der Waals surface area contributed by atoms with Gasteiger partial charge in [-0.15, -0.1) is 0 Å². The Hall–Kier alpha value is -1.06. The van der Waals surface area contributed by atoms with E-state index < -0.39 is 6.09 Å². The summed E-state index contributed by atoms with van der Waals surface area (Å²) in [7, 11) is 0. The summed E-state index contributed by atoms with van der Waals surface area (Å²) in [6.45, 7) is 0.658. The molecule has 1 aliphatic carbocycles. The maximum atomic E-state index is 11.1. The molecule has 0 radical (unpaired) electrons. The van der Waals surface area contributed by atoms with Crippen molar-refractivity contribution >= 4 is 11.9 Å². The Morgan fingerprint density at radius 1 is 1.50 bits per heavy atom. The van der Waals surface area contributed by atoms with E-state index in [1.54, 1.807) is 0 Å². The second kappa shape index (κ2) is 2.21. The minimum Gasteiger partial charge on any atom is -0.465 e. The molecule has 1 aliphatic heterocycles. The zero-order chi connectivity index (χ0) is 8.77. The molecule has 2 aliphatic rings. The monoisotopic (exact) mass is 169 g/mol. The van der Waals surface area contributed by atoms with Crippen molar-refractivity contribution in [2.24, 2.45) is 5.41 Å². The Morgan fingerprint density at radius 2 is 2.17 bits per heavy atom. The van der Waals surface area contributed by atoms with Gasteiger partial charge in [-0.3, -0.25) is 4.79 Å². The summed E-state index contributed by atoms with van der Waals surface area (Å²) in [5.41, 5.74) is 0.0493. The molecule has 0 bridgehead atoms. The zero-order valence-electron chi connectivity index (χ0n) is 6.75. The Morgan fingerprint density at radius 3 is 2.67 bits per heavy atom. The number of carbonyl (C=O) groups excluding carboxylic acids is 1. The van der Waals surface area contributed by atoms with E-state index in [0.29, 0.717) is 13.0 Å². The first-order valence-corrected chi connectivity index (χ1v) is 4.11. The van der Waals surface area contributed by atoms with Crippen molar-refractivity contribution < 1.29 is 14.7 Å².